The number of carbonyl (C=O) groups excluding carboxylic acids is 3. The van der Waals surface area contributed by atoms with Crippen molar-refractivity contribution in [2.24, 2.45) is 10.9 Å². The van der Waals surface area contributed by atoms with Gasteiger partial charge >= 0.3 is 11.9 Å². The molecule has 11 heteroatoms. The Morgan fingerprint density at radius 2 is 1.75 bits per heavy atom. The maximum Gasteiger partial charge on any atom is 0.338 e. The van der Waals surface area contributed by atoms with Gasteiger partial charge in [-0.3, -0.25) is 9.59 Å². The van der Waals surface area contributed by atoms with Gasteiger partial charge in [-0.1, -0.05) is 42.1 Å². The number of thioether (sulfide) groups is 1. The second kappa shape index (κ2) is 14.0. The number of allylic oxidation sites excluding steroid dienone is 1. The number of hydrogen-bond donors (Lipinski definition) is 0. The van der Waals surface area contributed by atoms with Crippen molar-refractivity contribution in [1.29, 1.82) is 0 Å². The number of aliphatic imine (C=N–C) groups is 1. The van der Waals surface area contributed by atoms with Crippen molar-refractivity contribution in [2.75, 3.05) is 33.9 Å². The number of amides is 1. The molecule has 0 saturated carbocycles. The highest BCUT2D eigenvalue weighted by molar-refractivity contribution is 8.16. The molecule has 1 fully saturated rings. The third-order valence-corrected chi connectivity index (χ3v) is 8.74. The first kappa shape index (κ1) is 31.2. The largest absolute Gasteiger partial charge is 0.497 e. The van der Waals surface area contributed by atoms with Crippen molar-refractivity contribution in [1.82, 2.24) is 9.80 Å². The van der Waals surface area contributed by atoms with Crippen LogP contribution in [0, 0.1) is 5.92 Å². The molecule has 1 amide bonds. The quantitative estimate of drug-likeness (QED) is 0.331. The van der Waals surface area contributed by atoms with Gasteiger partial charge < -0.3 is 28.7 Å². The van der Waals surface area contributed by atoms with E-state index in [1.807, 2.05) is 52.8 Å². The van der Waals surface area contributed by atoms with Crippen LogP contribution in [0.5, 0.6) is 11.5 Å². The van der Waals surface area contributed by atoms with Crippen LogP contribution in [0.3, 0.4) is 0 Å². The molecule has 0 unspecified atom stereocenters. The maximum atomic E-state index is 13.8. The molecular formula is C33H37N3O7S. The van der Waals surface area contributed by atoms with Gasteiger partial charge in [0.05, 0.1) is 50.5 Å². The van der Waals surface area contributed by atoms with E-state index in [9.17, 15) is 14.4 Å². The number of carbonyl (C=O) groups is 3. The van der Waals surface area contributed by atoms with Crippen LogP contribution in [-0.2, 0) is 30.5 Å². The summed E-state index contributed by atoms with van der Waals surface area (Å²) in [5.74, 6) is -0.0854. The molecule has 10 nitrogen and oxygen atoms in total. The zero-order valence-corrected chi connectivity index (χ0v) is 26.2. The van der Waals surface area contributed by atoms with Gasteiger partial charge in [0.2, 0.25) is 5.91 Å². The molecule has 3 aliphatic rings. The maximum absolute atomic E-state index is 13.8. The number of amidine groups is 1. The summed E-state index contributed by atoms with van der Waals surface area (Å²) in [5.41, 5.74) is 3.18. The lowest BCUT2D eigenvalue weighted by atomic mass is 9.93. The van der Waals surface area contributed by atoms with Crippen molar-refractivity contribution in [3.8, 4) is 11.5 Å². The first-order valence-electron chi connectivity index (χ1n) is 14.7. The molecule has 232 valence electrons. The average molecular weight is 620 g/mol. The molecule has 1 saturated heterocycles. The minimum absolute atomic E-state index is 0.0740. The van der Waals surface area contributed by atoms with Crippen LogP contribution in [0.4, 0.5) is 0 Å². The fourth-order valence-corrected chi connectivity index (χ4v) is 6.62. The topological polar surface area (TPSA) is 107 Å². The van der Waals surface area contributed by atoms with E-state index >= 15 is 0 Å². The molecule has 2 aromatic rings. The molecule has 0 aliphatic carbocycles. The number of benzene rings is 2. The lowest BCUT2D eigenvalue weighted by molar-refractivity contribution is -0.151. The highest BCUT2D eigenvalue weighted by Gasteiger charge is 2.42. The second-order valence-corrected chi connectivity index (χ2v) is 11.5. The van der Waals surface area contributed by atoms with Crippen molar-refractivity contribution in [2.45, 2.75) is 45.8 Å². The van der Waals surface area contributed by atoms with Gasteiger partial charge in [-0.25, -0.2) is 9.79 Å². The minimum atomic E-state index is -0.655. The number of fused-ring (bicyclic) bond motifs is 1. The van der Waals surface area contributed by atoms with E-state index in [-0.39, 0.29) is 30.8 Å². The number of ether oxygens (including phenoxy) is 4. The van der Waals surface area contributed by atoms with Gasteiger partial charge in [-0.15, -0.1) is 0 Å². The van der Waals surface area contributed by atoms with Gasteiger partial charge in [0.1, 0.15) is 18.1 Å². The highest BCUT2D eigenvalue weighted by atomic mass is 32.2. The summed E-state index contributed by atoms with van der Waals surface area (Å²) in [6.45, 7) is 4.88. The predicted octanol–water partition coefficient (Wildman–Crippen LogP) is 5.21. The number of rotatable bonds is 10. The Hall–Kier alpha value is -4.25. The van der Waals surface area contributed by atoms with Crippen LogP contribution in [0.15, 0.2) is 75.9 Å². The van der Waals surface area contributed by atoms with Gasteiger partial charge in [-0.05, 0) is 55.4 Å². The molecular weight excluding hydrogens is 582 g/mol. The van der Waals surface area contributed by atoms with Crippen LogP contribution >= 0.6 is 11.8 Å². The number of hydrogen-bond acceptors (Lipinski definition) is 10. The summed E-state index contributed by atoms with van der Waals surface area (Å²) in [5, 5.41) is 2.55. The monoisotopic (exact) mass is 619 g/mol. The summed E-state index contributed by atoms with van der Waals surface area (Å²) in [4.78, 5) is 48.3. The smallest absolute Gasteiger partial charge is 0.338 e. The predicted molar refractivity (Wildman–Crippen MR) is 167 cm³/mol. The van der Waals surface area contributed by atoms with Crippen molar-refractivity contribution in [3.05, 3.63) is 82.0 Å². The van der Waals surface area contributed by atoms with Crippen LogP contribution in [0.25, 0.3) is 0 Å². The molecule has 0 radical (unpaired) electrons. The van der Waals surface area contributed by atoms with Crippen LogP contribution in [0.1, 0.15) is 50.3 Å². The van der Waals surface area contributed by atoms with E-state index in [2.05, 4.69) is 0 Å². The zero-order chi connectivity index (χ0) is 31.2. The Balaban J connectivity index is 1.45. The van der Waals surface area contributed by atoms with E-state index in [0.29, 0.717) is 59.8 Å². The normalized spacial score (nSPS) is 19.5. The Morgan fingerprint density at radius 3 is 2.43 bits per heavy atom. The molecule has 5 rings (SSSR count). The Bertz CT molecular complexity index is 1480. The summed E-state index contributed by atoms with van der Waals surface area (Å²) >= 11 is 1.40. The molecule has 0 N–H and O–H groups in total. The van der Waals surface area contributed by atoms with Crippen LogP contribution in [-0.4, -0.2) is 66.7 Å². The lowest BCUT2D eigenvalue weighted by Gasteiger charge is -2.37. The fourth-order valence-electron chi connectivity index (χ4n) is 5.66. The van der Waals surface area contributed by atoms with E-state index in [0.717, 1.165) is 17.5 Å². The molecule has 44 heavy (non-hydrogen) atoms. The van der Waals surface area contributed by atoms with Gasteiger partial charge in [0.15, 0.2) is 5.17 Å². The Labute approximate surface area is 261 Å². The van der Waals surface area contributed by atoms with Crippen molar-refractivity contribution in [3.63, 3.8) is 0 Å². The van der Waals surface area contributed by atoms with Crippen molar-refractivity contribution >= 4 is 34.8 Å². The van der Waals surface area contributed by atoms with Crippen LogP contribution in [0.2, 0.25) is 0 Å². The number of likely N-dealkylation sites (tertiary alicyclic amines) is 1. The first-order valence-corrected chi connectivity index (χ1v) is 15.5. The first-order chi connectivity index (χ1) is 21.3. The fraction of sp³-hybridized carbons (Fsp3) is 0.394. The number of esters is 2. The van der Waals surface area contributed by atoms with Crippen LogP contribution < -0.4 is 9.47 Å². The summed E-state index contributed by atoms with van der Waals surface area (Å²) in [7, 11) is 3.14. The van der Waals surface area contributed by atoms with E-state index in [1.165, 1.54) is 11.8 Å². The third-order valence-electron chi connectivity index (χ3n) is 7.85. The van der Waals surface area contributed by atoms with Gasteiger partial charge in [0, 0.05) is 24.9 Å². The summed E-state index contributed by atoms with van der Waals surface area (Å²) in [6, 6.07) is 14.3. The molecule has 2 atom stereocenters. The SMILES string of the molecule is CCOC(=O)[C@@H]1CCCN(C(=O)CC2=CSC3=NC(C)=C(C(=O)OCc4ccccc4)[C@@H](c4cc(OC)cc(OC)c4)N23)C1. The summed E-state index contributed by atoms with van der Waals surface area (Å²) < 4.78 is 22.2. The zero-order valence-electron chi connectivity index (χ0n) is 25.4. The van der Waals surface area contributed by atoms with Gasteiger partial charge in [0.25, 0.3) is 0 Å². The molecule has 0 aromatic heterocycles. The van der Waals surface area contributed by atoms with E-state index in [1.54, 1.807) is 39.0 Å². The van der Waals surface area contributed by atoms with E-state index < -0.39 is 12.0 Å². The highest BCUT2D eigenvalue weighted by Crippen LogP contribution is 2.46. The third kappa shape index (κ3) is 6.77. The molecule has 0 spiro atoms. The Kier molecular flexibility index (Phi) is 9.94. The number of methoxy groups -OCH3 is 2. The standard InChI is InChI=1S/C33H37N3O7S/c1-5-42-31(38)23-12-9-13-35(18-23)28(37)16-25-20-44-33-34-21(2)29(32(39)43-19-22-10-7-6-8-11-22)30(36(25)33)24-14-26(40-3)17-27(15-24)41-4/h6-8,10-11,14-15,17,20,23,30H,5,9,12-13,16,18-19H2,1-4H3/t23-,30-/m1/s1. The minimum Gasteiger partial charge on any atom is -0.497 e. The van der Waals surface area contributed by atoms with E-state index in [4.69, 9.17) is 23.9 Å². The lowest BCUT2D eigenvalue weighted by Crippen LogP contribution is -2.44. The van der Waals surface area contributed by atoms with Gasteiger partial charge in [-0.2, -0.15) is 0 Å². The second-order valence-electron chi connectivity index (χ2n) is 10.7. The number of piperidine rings is 1. The number of nitrogens with zero attached hydrogens (tertiary/aromatic N) is 3. The molecule has 2 aromatic carbocycles. The molecule has 3 aliphatic heterocycles. The van der Waals surface area contributed by atoms with Crippen molar-refractivity contribution < 1.29 is 33.3 Å². The Morgan fingerprint density at radius 1 is 1.02 bits per heavy atom. The molecule has 0 bridgehead atoms. The molecule has 3 heterocycles. The average Bonchev–Trinajstić information content (AvgIpc) is 3.44. The summed E-state index contributed by atoms with van der Waals surface area (Å²) in [6.07, 6.45) is 1.50.